The largest absolute Gasteiger partial charge is 0.427 e. The maximum Gasteiger partial charge on any atom is 0.308 e. The number of benzene rings is 1. The Kier molecular flexibility index (Phi) is 4.05. The van der Waals surface area contributed by atoms with E-state index in [9.17, 15) is 9.59 Å². The molecule has 0 saturated carbocycles. The summed E-state index contributed by atoms with van der Waals surface area (Å²) in [5.41, 5.74) is 0.940. The Morgan fingerprint density at radius 1 is 1.00 bits per heavy atom. The van der Waals surface area contributed by atoms with Gasteiger partial charge in [0.25, 0.3) is 0 Å². The first-order chi connectivity index (χ1) is 7.51. The molecule has 4 heteroatoms. The zero-order chi connectivity index (χ0) is 12.1. The predicted molar refractivity (Wildman–Crippen MR) is 58.4 cm³/mol. The minimum absolute atomic E-state index is 0.392. The van der Waals surface area contributed by atoms with Crippen molar-refractivity contribution in [3.63, 3.8) is 0 Å². The van der Waals surface area contributed by atoms with Crippen LogP contribution in [-0.4, -0.2) is 11.9 Å². The fraction of sp³-hybridized carbons (Fsp3) is 0.333. The second-order valence-corrected chi connectivity index (χ2v) is 3.35. The molecule has 0 aromatic heterocycles. The maximum absolute atomic E-state index is 10.8. The van der Waals surface area contributed by atoms with E-state index >= 15 is 0 Å². The Bertz CT molecular complexity index is 375. The molecule has 0 atom stereocenters. The van der Waals surface area contributed by atoms with Gasteiger partial charge in [-0.15, -0.1) is 0 Å². The highest BCUT2D eigenvalue weighted by atomic mass is 16.5. The minimum Gasteiger partial charge on any atom is -0.427 e. The predicted octanol–water partition coefficient (Wildman–Crippen LogP) is 2.10. The normalized spacial score (nSPS) is 9.69. The number of hydrogen-bond donors (Lipinski definition) is 0. The van der Waals surface area contributed by atoms with Crippen molar-refractivity contribution in [3.05, 3.63) is 23.8 Å². The third-order valence-corrected chi connectivity index (χ3v) is 1.87. The monoisotopic (exact) mass is 222 g/mol. The first-order valence-electron chi connectivity index (χ1n) is 5.02. The average Bonchev–Trinajstić information content (AvgIpc) is 2.14. The second kappa shape index (κ2) is 5.30. The van der Waals surface area contributed by atoms with Crippen molar-refractivity contribution in [3.8, 4) is 11.5 Å². The highest BCUT2D eigenvalue weighted by Gasteiger charge is 2.05. The van der Waals surface area contributed by atoms with Gasteiger partial charge < -0.3 is 9.47 Å². The molecule has 0 aliphatic heterocycles. The lowest BCUT2D eigenvalue weighted by atomic mass is 10.1. The lowest BCUT2D eigenvalue weighted by molar-refractivity contribution is -0.132. The van der Waals surface area contributed by atoms with Crippen LogP contribution in [0.15, 0.2) is 18.2 Å². The molecule has 1 rings (SSSR count). The number of aryl methyl sites for hydroxylation is 1. The van der Waals surface area contributed by atoms with Crippen LogP contribution in [0.5, 0.6) is 11.5 Å². The summed E-state index contributed by atoms with van der Waals surface area (Å²) in [7, 11) is 0. The van der Waals surface area contributed by atoms with Crippen molar-refractivity contribution in [1.29, 1.82) is 0 Å². The molecule has 0 bridgehead atoms. The smallest absolute Gasteiger partial charge is 0.308 e. The first kappa shape index (κ1) is 12.2. The van der Waals surface area contributed by atoms with Gasteiger partial charge in [0.15, 0.2) is 0 Å². The highest BCUT2D eigenvalue weighted by molar-refractivity contribution is 5.71. The van der Waals surface area contributed by atoms with Gasteiger partial charge >= 0.3 is 11.9 Å². The summed E-state index contributed by atoms with van der Waals surface area (Å²) in [6.07, 6.45) is 0.767. The Labute approximate surface area is 94.2 Å². The Balaban J connectivity index is 3.00. The molecule has 4 nitrogen and oxygen atoms in total. The van der Waals surface area contributed by atoms with E-state index in [0.717, 1.165) is 12.0 Å². The maximum atomic E-state index is 10.8. The van der Waals surface area contributed by atoms with Crippen molar-refractivity contribution < 1.29 is 19.1 Å². The van der Waals surface area contributed by atoms with Gasteiger partial charge in [-0.2, -0.15) is 0 Å². The molecule has 16 heavy (non-hydrogen) atoms. The van der Waals surface area contributed by atoms with E-state index in [0.29, 0.717) is 11.5 Å². The summed E-state index contributed by atoms with van der Waals surface area (Å²) in [5, 5.41) is 0. The fourth-order valence-corrected chi connectivity index (χ4v) is 1.28. The van der Waals surface area contributed by atoms with Crippen LogP contribution in [0.4, 0.5) is 0 Å². The van der Waals surface area contributed by atoms with Gasteiger partial charge in [0, 0.05) is 19.9 Å². The standard InChI is InChI=1S/C12H14O4/c1-4-10-5-11(15-8(2)13)7-12(6-10)16-9(3)14/h5-7H,4H2,1-3H3. The lowest BCUT2D eigenvalue weighted by Crippen LogP contribution is -2.05. The molecule has 0 amide bonds. The zero-order valence-electron chi connectivity index (χ0n) is 9.57. The molecule has 86 valence electrons. The fourth-order valence-electron chi connectivity index (χ4n) is 1.28. The van der Waals surface area contributed by atoms with E-state index in [1.807, 2.05) is 6.92 Å². The summed E-state index contributed by atoms with van der Waals surface area (Å²) >= 11 is 0. The van der Waals surface area contributed by atoms with Crippen molar-refractivity contribution in [2.45, 2.75) is 27.2 Å². The van der Waals surface area contributed by atoms with E-state index in [2.05, 4.69) is 0 Å². The second-order valence-electron chi connectivity index (χ2n) is 3.35. The average molecular weight is 222 g/mol. The summed E-state index contributed by atoms with van der Waals surface area (Å²) in [6.45, 7) is 4.61. The quantitative estimate of drug-likeness (QED) is 0.580. The highest BCUT2D eigenvalue weighted by Crippen LogP contribution is 2.23. The van der Waals surface area contributed by atoms with Crippen LogP contribution in [0, 0.1) is 0 Å². The molecule has 1 aromatic rings. The van der Waals surface area contributed by atoms with E-state index < -0.39 is 11.9 Å². The van der Waals surface area contributed by atoms with Crippen LogP contribution >= 0.6 is 0 Å². The van der Waals surface area contributed by atoms with Crippen LogP contribution in [0.2, 0.25) is 0 Å². The molecular weight excluding hydrogens is 208 g/mol. The van der Waals surface area contributed by atoms with Gasteiger partial charge in [0.1, 0.15) is 11.5 Å². The molecular formula is C12H14O4. The van der Waals surface area contributed by atoms with Gasteiger partial charge in [-0.25, -0.2) is 0 Å². The third kappa shape index (κ3) is 3.73. The zero-order valence-corrected chi connectivity index (χ0v) is 9.57. The van der Waals surface area contributed by atoms with Gasteiger partial charge in [-0.05, 0) is 24.1 Å². The van der Waals surface area contributed by atoms with Gasteiger partial charge in [-0.1, -0.05) is 6.92 Å². The number of esters is 2. The van der Waals surface area contributed by atoms with E-state index in [1.54, 1.807) is 12.1 Å². The lowest BCUT2D eigenvalue weighted by Gasteiger charge is -2.07. The molecule has 0 heterocycles. The third-order valence-electron chi connectivity index (χ3n) is 1.87. The summed E-state index contributed by atoms with van der Waals surface area (Å²) in [4.78, 5) is 21.6. The van der Waals surface area contributed by atoms with Crippen LogP contribution in [-0.2, 0) is 16.0 Å². The van der Waals surface area contributed by atoms with E-state index in [4.69, 9.17) is 9.47 Å². The molecule has 1 aromatic carbocycles. The molecule has 0 aliphatic carbocycles. The SMILES string of the molecule is CCc1cc(OC(C)=O)cc(OC(C)=O)c1. The van der Waals surface area contributed by atoms with Crippen molar-refractivity contribution in [2.24, 2.45) is 0 Å². The van der Waals surface area contributed by atoms with Crippen LogP contribution in [0.3, 0.4) is 0 Å². The number of hydrogen-bond acceptors (Lipinski definition) is 4. The van der Waals surface area contributed by atoms with Crippen LogP contribution in [0.1, 0.15) is 26.3 Å². The number of carbonyl (C=O) groups excluding carboxylic acids is 2. The number of ether oxygens (including phenoxy) is 2. The minimum atomic E-state index is -0.401. The van der Waals surface area contributed by atoms with Crippen LogP contribution < -0.4 is 9.47 Å². The van der Waals surface area contributed by atoms with E-state index in [1.165, 1.54) is 19.9 Å². The molecule has 0 aliphatic rings. The first-order valence-corrected chi connectivity index (χ1v) is 5.02. The molecule has 0 fully saturated rings. The van der Waals surface area contributed by atoms with Crippen molar-refractivity contribution in [1.82, 2.24) is 0 Å². The molecule has 0 N–H and O–H groups in total. The number of rotatable bonds is 3. The molecule has 0 radical (unpaired) electrons. The van der Waals surface area contributed by atoms with E-state index in [-0.39, 0.29) is 0 Å². The Hall–Kier alpha value is -1.84. The molecule has 0 saturated heterocycles. The van der Waals surface area contributed by atoms with Crippen LogP contribution in [0.25, 0.3) is 0 Å². The summed E-state index contributed by atoms with van der Waals surface area (Å²) in [6, 6.07) is 5.00. The van der Waals surface area contributed by atoms with Crippen molar-refractivity contribution >= 4 is 11.9 Å². The summed E-state index contributed by atoms with van der Waals surface area (Å²) < 4.78 is 9.90. The van der Waals surface area contributed by atoms with Gasteiger partial charge in [-0.3, -0.25) is 9.59 Å². The van der Waals surface area contributed by atoms with Crippen molar-refractivity contribution in [2.75, 3.05) is 0 Å². The summed E-state index contributed by atoms with van der Waals surface area (Å²) in [5.74, 6) is -0.0183. The Morgan fingerprint density at radius 2 is 1.44 bits per heavy atom. The topological polar surface area (TPSA) is 52.6 Å². The molecule has 0 unspecified atom stereocenters. The number of carbonyl (C=O) groups is 2. The Morgan fingerprint density at radius 3 is 1.75 bits per heavy atom. The van der Waals surface area contributed by atoms with Gasteiger partial charge in [0.05, 0.1) is 0 Å². The molecule has 0 spiro atoms. The van der Waals surface area contributed by atoms with Gasteiger partial charge in [0.2, 0.25) is 0 Å².